The van der Waals surface area contributed by atoms with Gasteiger partial charge in [0.05, 0.1) is 20.3 Å². The molecule has 2 N–H and O–H groups in total. The highest BCUT2D eigenvalue weighted by atomic mass is 16.5. The fourth-order valence-electron chi connectivity index (χ4n) is 2.27. The molecule has 1 aromatic carbocycles. The average Bonchev–Trinajstić information content (AvgIpc) is 3.28. The van der Waals surface area contributed by atoms with Crippen molar-refractivity contribution in [2.24, 2.45) is 5.92 Å². The van der Waals surface area contributed by atoms with Crippen LogP contribution in [-0.2, 0) is 0 Å². The number of rotatable bonds is 7. The van der Waals surface area contributed by atoms with E-state index >= 15 is 0 Å². The van der Waals surface area contributed by atoms with Crippen molar-refractivity contribution >= 4 is 0 Å². The van der Waals surface area contributed by atoms with E-state index in [1.807, 2.05) is 18.2 Å². The second kappa shape index (κ2) is 6.26. The molecule has 0 spiro atoms. The van der Waals surface area contributed by atoms with Gasteiger partial charge < -0.3 is 19.9 Å². The maximum atomic E-state index is 10.3. The Morgan fingerprint density at radius 2 is 2.05 bits per heavy atom. The third kappa shape index (κ3) is 3.61. The second-order valence-corrected chi connectivity index (χ2v) is 5.16. The summed E-state index contributed by atoms with van der Waals surface area (Å²) in [6, 6.07) is 5.94. The van der Waals surface area contributed by atoms with E-state index in [1.54, 1.807) is 14.2 Å². The first-order valence-electron chi connectivity index (χ1n) is 6.79. The molecule has 1 aliphatic rings. The summed E-state index contributed by atoms with van der Waals surface area (Å²) in [6.07, 6.45) is 2.01. The number of ether oxygens (including phenoxy) is 2. The first kappa shape index (κ1) is 14.2. The molecule has 0 aromatic heterocycles. The van der Waals surface area contributed by atoms with Gasteiger partial charge in [0.25, 0.3) is 0 Å². The third-order valence-corrected chi connectivity index (χ3v) is 3.76. The quantitative estimate of drug-likeness (QED) is 0.793. The smallest absolute Gasteiger partial charge is 0.124 e. The van der Waals surface area contributed by atoms with Crippen LogP contribution < -0.4 is 14.8 Å². The van der Waals surface area contributed by atoms with Crippen molar-refractivity contribution in [2.45, 2.75) is 31.9 Å². The van der Waals surface area contributed by atoms with Crippen molar-refractivity contribution in [3.8, 4) is 11.5 Å². The highest BCUT2D eigenvalue weighted by Gasteiger charge is 2.28. The molecule has 0 aliphatic heterocycles. The molecule has 1 aliphatic carbocycles. The van der Waals surface area contributed by atoms with Crippen molar-refractivity contribution in [3.05, 3.63) is 23.8 Å². The van der Waals surface area contributed by atoms with E-state index < -0.39 is 6.10 Å². The van der Waals surface area contributed by atoms with E-state index in [0.717, 1.165) is 17.2 Å². The fraction of sp³-hybridized carbons (Fsp3) is 0.600. The summed E-state index contributed by atoms with van der Waals surface area (Å²) in [6.45, 7) is 2.70. The highest BCUT2D eigenvalue weighted by Crippen LogP contribution is 2.33. The molecule has 1 fully saturated rings. The summed E-state index contributed by atoms with van der Waals surface area (Å²) in [7, 11) is 3.23. The summed E-state index contributed by atoms with van der Waals surface area (Å²) in [4.78, 5) is 0. The highest BCUT2D eigenvalue weighted by molar-refractivity contribution is 5.41. The van der Waals surface area contributed by atoms with Crippen LogP contribution in [0.4, 0.5) is 0 Å². The van der Waals surface area contributed by atoms with Crippen LogP contribution in [0.2, 0.25) is 0 Å². The Balaban J connectivity index is 2.01. The van der Waals surface area contributed by atoms with Gasteiger partial charge in [-0.15, -0.1) is 0 Å². The molecule has 4 nitrogen and oxygen atoms in total. The van der Waals surface area contributed by atoms with E-state index in [2.05, 4.69) is 12.2 Å². The van der Waals surface area contributed by atoms with Gasteiger partial charge in [0.1, 0.15) is 11.5 Å². The van der Waals surface area contributed by atoms with Crippen LogP contribution in [0.5, 0.6) is 11.5 Å². The molecule has 0 bridgehead atoms. The van der Waals surface area contributed by atoms with Crippen LogP contribution in [0.25, 0.3) is 0 Å². The zero-order chi connectivity index (χ0) is 13.8. The summed E-state index contributed by atoms with van der Waals surface area (Å²) < 4.78 is 10.5. The first-order valence-corrected chi connectivity index (χ1v) is 6.79. The molecule has 4 heteroatoms. The van der Waals surface area contributed by atoms with Gasteiger partial charge in [-0.05, 0) is 43.9 Å². The molecule has 106 valence electrons. The van der Waals surface area contributed by atoms with E-state index in [0.29, 0.717) is 18.3 Å². The number of aliphatic hydroxyl groups excluding tert-OH is 1. The zero-order valence-corrected chi connectivity index (χ0v) is 11.8. The molecule has 0 amide bonds. The lowest BCUT2D eigenvalue weighted by molar-refractivity contribution is 0.164. The van der Waals surface area contributed by atoms with Crippen molar-refractivity contribution in [1.82, 2.24) is 5.32 Å². The normalized spacial score (nSPS) is 17.9. The van der Waals surface area contributed by atoms with Gasteiger partial charge in [0.15, 0.2) is 0 Å². The van der Waals surface area contributed by atoms with E-state index in [-0.39, 0.29) is 0 Å². The van der Waals surface area contributed by atoms with Gasteiger partial charge in [0.2, 0.25) is 0 Å². The third-order valence-electron chi connectivity index (χ3n) is 3.76. The second-order valence-electron chi connectivity index (χ2n) is 5.16. The zero-order valence-electron chi connectivity index (χ0n) is 11.8. The minimum atomic E-state index is -0.591. The summed E-state index contributed by atoms with van der Waals surface area (Å²) in [5.74, 6) is 2.19. The molecule has 2 unspecified atom stereocenters. The van der Waals surface area contributed by atoms with Crippen LogP contribution in [-0.4, -0.2) is 31.9 Å². The summed E-state index contributed by atoms with van der Waals surface area (Å²) in [5, 5.41) is 13.7. The number of methoxy groups -OCH3 is 2. The van der Waals surface area contributed by atoms with Gasteiger partial charge in [0, 0.05) is 18.2 Å². The Hall–Kier alpha value is -1.26. The fourth-order valence-corrected chi connectivity index (χ4v) is 2.27. The molecular formula is C15H23NO3. The molecule has 1 aromatic rings. The standard InChI is InChI=1S/C15H23NO3/c1-10(11-4-5-11)16-9-14(17)13-8-12(18-2)6-7-15(13)19-3/h6-8,10-11,14,16-17H,4-5,9H2,1-3H3. The summed E-state index contributed by atoms with van der Waals surface area (Å²) in [5.41, 5.74) is 0.761. The van der Waals surface area contributed by atoms with E-state index in [4.69, 9.17) is 9.47 Å². The Kier molecular flexibility index (Phi) is 4.66. The van der Waals surface area contributed by atoms with Gasteiger partial charge >= 0.3 is 0 Å². The summed E-state index contributed by atoms with van der Waals surface area (Å²) >= 11 is 0. The van der Waals surface area contributed by atoms with Crippen LogP contribution >= 0.6 is 0 Å². The van der Waals surface area contributed by atoms with Gasteiger partial charge in [-0.3, -0.25) is 0 Å². The van der Waals surface area contributed by atoms with E-state index in [9.17, 15) is 5.11 Å². The van der Waals surface area contributed by atoms with Crippen LogP contribution in [0.1, 0.15) is 31.4 Å². The lowest BCUT2D eigenvalue weighted by atomic mass is 10.1. The van der Waals surface area contributed by atoms with Crippen molar-refractivity contribution < 1.29 is 14.6 Å². The molecule has 0 radical (unpaired) electrons. The Labute approximate surface area is 114 Å². The number of benzene rings is 1. The van der Waals surface area contributed by atoms with Gasteiger partial charge in [-0.2, -0.15) is 0 Å². The number of aliphatic hydroxyl groups is 1. The van der Waals surface area contributed by atoms with Gasteiger partial charge in [-0.1, -0.05) is 0 Å². The van der Waals surface area contributed by atoms with Gasteiger partial charge in [-0.25, -0.2) is 0 Å². The molecule has 2 atom stereocenters. The predicted octanol–water partition coefficient (Wildman–Crippen LogP) is 2.13. The Morgan fingerprint density at radius 3 is 2.63 bits per heavy atom. The van der Waals surface area contributed by atoms with Crippen molar-refractivity contribution in [1.29, 1.82) is 0 Å². The molecule has 2 rings (SSSR count). The molecule has 0 heterocycles. The van der Waals surface area contributed by atoms with Crippen molar-refractivity contribution in [2.75, 3.05) is 20.8 Å². The molecule has 19 heavy (non-hydrogen) atoms. The van der Waals surface area contributed by atoms with Crippen LogP contribution in [0.15, 0.2) is 18.2 Å². The number of hydrogen-bond acceptors (Lipinski definition) is 4. The monoisotopic (exact) mass is 265 g/mol. The minimum Gasteiger partial charge on any atom is -0.497 e. The molecule has 0 saturated heterocycles. The predicted molar refractivity (Wildman–Crippen MR) is 74.7 cm³/mol. The largest absolute Gasteiger partial charge is 0.497 e. The minimum absolute atomic E-state index is 0.464. The average molecular weight is 265 g/mol. The number of nitrogens with one attached hydrogen (secondary N) is 1. The van der Waals surface area contributed by atoms with Crippen LogP contribution in [0, 0.1) is 5.92 Å². The Morgan fingerprint density at radius 1 is 1.32 bits per heavy atom. The van der Waals surface area contributed by atoms with E-state index in [1.165, 1.54) is 12.8 Å². The lowest BCUT2D eigenvalue weighted by Crippen LogP contribution is -2.32. The maximum absolute atomic E-state index is 10.3. The Bertz CT molecular complexity index is 418. The SMILES string of the molecule is COc1ccc(OC)c(C(O)CNC(C)C2CC2)c1. The van der Waals surface area contributed by atoms with Crippen molar-refractivity contribution in [3.63, 3.8) is 0 Å². The molecule has 1 saturated carbocycles. The lowest BCUT2D eigenvalue weighted by Gasteiger charge is -2.19. The number of hydrogen-bond donors (Lipinski definition) is 2. The topological polar surface area (TPSA) is 50.7 Å². The maximum Gasteiger partial charge on any atom is 0.124 e. The van der Waals surface area contributed by atoms with Crippen LogP contribution in [0.3, 0.4) is 0 Å². The molecular weight excluding hydrogens is 242 g/mol. The first-order chi connectivity index (χ1) is 9.15.